The summed E-state index contributed by atoms with van der Waals surface area (Å²) in [6.45, 7) is -0.372. The molecule has 0 aliphatic carbocycles. The Kier molecular flexibility index (Phi) is 5.19. The largest absolute Gasteiger partial charge is 0.497 e. The fourth-order valence-electron chi connectivity index (χ4n) is 3.23. The molecule has 0 aliphatic rings. The third-order valence-corrected chi connectivity index (χ3v) is 4.64. The van der Waals surface area contributed by atoms with Crippen molar-refractivity contribution in [3.05, 3.63) is 54.6 Å². The molecular weight excluding hydrogens is 386 g/mol. The van der Waals surface area contributed by atoms with Crippen molar-refractivity contribution in [2.24, 2.45) is 0 Å². The number of para-hydroxylation sites is 1. The van der Waals surface area contributed by atoms with Crippen LogP contribution in [0.15, 0.2) is 54.6 Å². The van der Waals surface area contributed by atoms with E-state index in [4.69, 9.17) is 9.94 Å². The van der Waals surface area contributed by atoms with Gasteiger partial charge >= 0.3 is 6.03 Å². The number of carbonyl (C=O) groups is 2. The van der Waals surface area contributed by atoms with E-state index in [2.05, 4.69) is 20.6 Å². The lowest BCUT2D eigenvalue weighted by atomic mass is 10.1. The van der Waals surface area contributed by atoms with Crippen molar-refractivity contribution in [3.63, 3.8) is 0 Å². The van der Waals surface area contributed by atoms with Gasteiger partial charge < -0.3 is 15.0 Å². The molecule has 0 spiro atoms. The smallest absolute Gasteiger partial charge is 0.320 e. The lowest BCUT2D eigenvalue weighted by Gasteiger charge is -2.10. The van der Waals surface area contributed by atoms with E-state index in [9.17, 15) is 9.59 Å². The molecule has 2 aromatic heterocycles. The van der Waals surface area contributed by atoms with E-state index in [-0.39, 0.29) is 6.54 Å². The summed E-state index contributed by atoms with van der Waals surface area (Å²) in [6.07, 6.45) is 0. The summed E-state index contributed by atoms with van der Waals surface area (Å²) in [6, 6.07) is 16.5. The lowest BCUT2D eigenvalue weighted by molar-refractivity contribution is -0.128. The molecule has 2 aromatic carbocycles. The van der Waals surface area contributed by atoms with Crippen LogP contribution in [0, 0.1) is 0 Å². The molecule has 0 aliphatic heterocycles. The Morgan fingerprint density at radius 1 is 1.10 bits per heavy atom. The van der Waals surface area contributed by atoms with Gasteiger partial charge in [0.1, 0.15) is 18.1 Å². The van der Waals surface area contributed by atoms with Crippen molar-refractivity contribution >= 4 is 39.6 Å². The number of nitrogens with one attached hydrogen (secondary N) is 4. The van der Waals surface area contributed by atoms with Crippen molar-refractivity contribution in [1.29, 1.82) is 0 Å². The minimum atomic E-state index is -0.732. The van der Waals surface area contributed by atoms with Crippen molar-refractivity contribution in [2.45, 2.75) is 0 Å². The van der Waals surface area contributed by atoms with Crippen LogP contribution in [0.3, 0.4) is 0 Å². The number of hydrogen-bond acceptors (Lipinski definition) is 5. The van der Waals surface area contributed by atoms with Crippen molar-refractivity contribution < 1.29 is 19.5 Å². The quantitative estimate of drug-likeness (QED) is 0.258. The van der Waals surface area contributed by atoms with Crippen molar-refractivity contribution in [3.8, 4) is 17.0 Å². The molecule has 30 heavy (non-hydrogen) atoms. The highest BCUT2D eigenvalue weighted by molar-refractivity contribution is 6.12. The molecule has 4 aromatic rings. The normalized spacial score (nSPS) is 10.7. The summed E-state index contributed by atoms with van der Waals surface area (Å²) in [5.41, 5.74) is 4.75. The van der Waals surface area contributed by atoms with Crippen LogP contribution in [-0.4, -0.2) is 40.8 Å². The summed E-state index contributed by atoms with van der Waals surface area (Å²) in [4.78, 5) is 31.3. The maximum Gasteiger partial charge on any atom is 0.320 e. The summed E-state index contributed by atoms with van der Waals surface area (Å²) in [5.74, 6) is 0.312. The zero-order valence-electron chi connectivity index (χ0n) is 16.0. The first-order valence-corrected chi connectivity index (χ1v) is 9.12. The third kappa shape index (κ3) is 3.74. The van der Waals surface area contributed by atoms with Crippen LogP contribution < -0.4 is 20.9 Å². The Bertz CT molecular complexity index is 1230. The Hall–Kier alpha value is -4.11. The Morgan fingerprint density at radius 3 is 2.60 bits per heavy atom. The molecule has 4 rings (SSSR count). The van der Waals surface area contributed by atoms with Gasteiger partial charge in [0.15, 0.2) is 0 Å². The number of anilines is 1. The summed E-state index contributed by atoms with van der Waals surface area (Å²) in [5, 5.41) is 15.4. The number of ether oxygens (including phenoxy) is 1. The molecule has 0 fully saturated rings. The maximum absolute atomic E-state index is 12.2. The van der Waals surface area contributed by atoms with Gasteiger partial charge in [0.25, 0.3) is 5.91 Å². The Labute approximate surface area is 171 Å². The van der Waals surface area contributed by atoms with Gasteiger partial charge in [-0.15, -0.1) is 0 Å². The molecule has 0 atom stereocenters. The number of pyridine rings is 1. The second kappa shape index (κ2) is 8.10. The standard InChI is InChI=1S/C21H19N5O4/c1-30-13-8-6-12(7-9-13)19-20-15(14-4-2-3-5-16(14)23-20)10-17(24-19)25-21(28)22-11-18(27)26-29/h2-10,23,29H,11H2,1H3,(H,26,27)(H2,22,24,25,28). The SMILES string of the molecule is COc1ccc(-c2nc(NC(=O)NCC(=O)NO)cc3c2[nH]c2ccccc23)cc1. The number of hydrogen-bond donors (Lipinski definition) is 5. The number of hydroxylamine groups is 1. The second-order valence-corrected chi connectivity index (χ2v) is 6.52. The van der Waals surface area contributed by atoms with E-state index in [0.29, 0.717) is 11.5 Å². The Morgan fingerprint density at radius 2 is 1.87 bits per heavy atom. The number of aromatic amines is 1. The number of aromatic nitrogens is 2. The molecule has 0 bridgehead atoms. The molecule has 2 heterocycles. The molecule has 0 radical (unpaired) electrons. The van der Waals surface area contributed by atoms with Gasteiger partial charge in [0.2, 0.25) is 0 Å². The van der Waals surface area contributed by atoms with Gasteiger partial charge in [-0.1, -0.05) is 18.2 Å². The number of fused-ring (bicyclic) bond motifs is 3. The molecule has 3 amide bonds. The predicted octanol–water partition coefficient (Wildman–Crippen LogP) is 3.02. The highest BCUT2D eigenvalue weighted by atomic mass is 16.5. The first kappa shape index (κ1) is 19.2. The average Bonchev–Trinajstić information content (AvgIpc) is 3.15. The summed E-state index contributed by atoms with van der Waals surface area (Å²) in [7, 11) is 1.60. The average molecular weight is 405 g/mol. The monoisotopic (exact) mass is 405 g/mol. The zero-order chi connectivity index (χ0) is 21.1. The summed E-state index contributed by atoms with van der Waals surface area (Å²) < 4.78 is 5.23. The molecular formula is C21H19N5O4. The van der Waals surface area contributed by atoms with Gasteiger partial charge in [-0.2, -0.15) is 0 Å². The lowest BCUT2D eigenvalue weighted by Crippen LogP contribution is -2.37. The maximum atomic E-state index is 12.2. The summed E-state index contributed by atoms with van der Waals surface area (Å²) >= 11 is 0. The minimum absolute atomic E-state index is 0.319. The van der Waals surface area contributed by atoms with E-state index in [1.165, 1.54) is 5.48 Å². The Balaban J connectivity index is 1.78. The van der Waals surface area contributed by atoms with Gasteiger partial charge in [0.05, 0.1) is 18.3 Å². The molecule has 0 saturated carbocycles. The van der Waals surface area contributed by atoms with E-state index in [1.54, 1.807) is 13.2 Å². The highest BCUT2D eigenvalue weighted by Crippen LogP contribution is 2.34. The minimum Gasteiger partial charge on any atom is -0.497 e. The number of carbonyl (C=O) groups excluding carboxylic acids is 2. The van der Waals surface area contributed by atoms with E-state index >= 15 is 0 Å². The molecule has 152 valence electrons. The first-order chi connectivity index (χ1) is 14.6. The van der Waals surface area contributed by atoms with Crippen molar-refractivity contribution in [2.75, 3.05) is 19.0 Å². The van der Waals surface area contributed by atoms with Gasteiger partial charge in [-0.25, -0.2) is 15.3 Å². The number of amides is 3. The van der Waals surface area contributed by atoms with Gasteiger partial charge in [-0.3, -0.25) is 15.3 Å². The predicted molar refractivity (Wildman–Crippen MR) is 113 cm³/mol. The van der Waals surface area contributed by atoms with Gasteiger partial charge in [0, 0.05) is 21.9 Å². The van der Waals surface area contributed by atoms with E-state index in [1.807, 2.05) is 48.5 Å². The van der Waals surface area contributed by atoms with Crippen LogP contribution in [-0.2, 0) is 4.79 Å². The molecule has 5 N–H and O–H groups in total. The molecule has 0 saturated heterocycles. The van der Waals surface area contributed by atoms with Crippen LogP contribution in [0.2, 0.25) is 0 Å². The number of benzene rings is 2. The van der Waals surface area contributed by atoms with E-state index in [0.717, 1.165) is 33.1 Å². The van der Waals surface area contributed by atoms with Crippen LogP contribution in [0.5, 0.6) is 5.75 Å². The highest BCUT2D eigenvalue weighted by Gasteiger charge is 2.15. The van der Waals surface area contributed by atoms with Crippen LogP contribution in [0.25, 0.3) is 33.1 Å². The molecule has 9 nitrogen and oxygen atoms in total. The number of methoxy groups -OCH3 is 1. The fraction of sp³-hybridized carbons (Fsp3) is 0.0952. The van der Waals surface area contributed by atoms with Crippen LogP contribution >= 0.6 is 0 Å². The van der Waals surface area contributed by atoms with Crippen LogP contribution in [0.4, 0.5) is 10.6 Å². The number of urea groups is 1. The fourth-order valence-corrected chi connectivity index (χ4v) is 3.23. The third-order valence-electron chi connectivity index (χ3n) is 4.64. The second-order valence-electron chi connectivity index (χ2n) is 6.52. The molecule has 9 heteroatoms. The number of rotatable bonds is 5. The van der Waals surface area contributed by atoms with Gasteiger partial charge in [-0.05, 0) is 36.4 Å². The van der Waals surface area contributed by atoms with Crippen LogP contribution in [0.1, 0.15) is 0 Å². The number of H-pyrrole nitrogens is 1. The molecule has 0 unspecified atom stereocenters. The topological polar surface area (TPSA) is 128 Å². The first-order valence-electron chi connectivity index (χ1n) is 9.12. The van der Waals surface area contributed by atoms with Crippen molar-refractivity contribution in [1.82, 2.24) is 20.8 Å². The number of nitrogens with zero attached hydrogens (tertiary/aromatic N) is 1. The van der Waals surface area contributed by atoms with E-state index < -0.39 is 11.9 Å². The zero-order valence-corrected chi connectivity index (χ0v) is 16.0.